The first-order valence-corrected chi connectivity index (χ1v) is 6.52. The van der Waals surface area contributed by atoms with Crippen LogP contribution in [0.4, 0.5) is 5.69 Å². The van der Waals surface area contributed by atoms with E-state index in [-0.39, 0.29) is 5.91 Å². The molecule has 0 unspecified atom stereocenters. The molecule has 0 saturated heterocycles. The van der Waals surface area contributed by atoms with Crippen LogP contribution in [-0.2, 0) is 4.79 Å². The first-order chi connectivity index (χ1) is 9.70. The molecule has 0 bridgehead atoms. The highest BCUT2D eigenvalue weighted by molar-refractivity contribution is 5.91. The summed E-state index contributed by atoms with van der Waals surface area (Å²) in [7, 11) is 1.87. The van der Waals surface area contributed by atoms with Gasteiger partial charge in [0, 0.05) is 17.7 Å². The third-order valence-electron chi connectivity index (χ3n) is 2.94. The molecule has 0 aliphatic heterocycles. The molecule has 1 amide bonds. The molecule has 0 aliphatic rings. The van der Waals surface area contributed by atoms with Crippen LogP contribution < -0.4 is 10.6 Å². The third-order valence-corrected chi connectivity index (χ3v) is 2.94. The fourth-order valence-electron chi connectivity index (χ4n) is 1.87. The number of carbonyl (C=O) groups excluding carboxylic acids is 1. The normalized spacial score (nSPS) is 10.5. The molecule has 6 heteroatoms. The number of rotatable bonds is 6. The van der Waals surface area contributed by atoms with Gasteiger partial charge in [0.2, 0.25) is 18.2 Å². The van der Waals surface area contributed by atoms with E-state index in [4.69, 9.17) is 4.42 Å². The van der Waals surface area contributed by atoms with E-state index in [0.717, 1.165) is 29.8 Å². The smallest absolute Gasteiger partial charge is 0.247 e. The van der Waals surface area contributed by atoms with Gasteiger partial charge < -0.3 is 15.1 Å². The highest BCUT2D eigenvalue weighted by atomic mass is 16.4. The highest BCUT2D eigenvalue weighted by Gasteiger charge is 2.08. The third kappa shape index (κ3) is 3.64. The molecule has 0 spiro atoms. The number of nitrogens with one attached hydrogen (secondary N) is 2. The van der Waals surface area contributed by atoms with E-state index < -0.39 is 0 Å². The molecule has 1 heterocycles. The van der Waals surface area contributed by atoms with E-state index >= 15 is 0 Å². The number of hydrogen-bond acceptors (Lipinski definition) is 5. The Morgan fingerprint density at radius 1 is 1.40 bits per heavy atom. The fourth-order valence-corrected chi connectivity index (χ4v) is 1.87. The lowest BCUT2D eigenvalue weighted by Gasteiger charge is -2.09. The van der Waals surface area contributed by atoms with Gasteiger partial charge in [0.05, 0.1) is 0 Å². The van der Waals surface area contributed by atoms with Crippen molar-refractivity contribution < 1.29 is 9.21 Å². The van der Waals surface area contributed by atoms with Crippen molar-refractivity contribution in [2.24, 2.45) is 0 Å². The van der Waals surface area contributed by atoms with Gasteiger partial charge in [-0.2, -0.15) is 0 Å². The minimum atomic E-state index is 0.0221. The highest BCUT2D eigenvalue weighted by Crippen LogP contribution is 2.23. The van der Waals surface area contributed by atoms with E-state index in [1.54, 1.807) is 0 Å². The van der Waals surface area contributed by atoms with Crippen LogP contribution in [0.2, 0.25) is 0 Å². The Balaban J connectivity index is 2.01. The molecule has 0 aliphatic carbocycles. The lowest BCUT2D eigenvalue weighted by atomic mass is 10.1. The molecule has 0 saturated carbocycles. The second kappa shape index (κ2) is 6.81. The van der Waals surface area contributed by atoms with Crippen molar-refractivity contribution in [2.75, 3.05) is 18.9 Å². The molecule has 2 rings (SSSR count). The molecule has 0 fully saturated rings. The lowest BCUT2D eigenvalue weighted by Crippen LogP contribution is -2.15. The van der Waals surface area contributed by atoms with Crippen LogP contribution in [0.15, 0.2) is 29.0 Å². The number of benzene rings is 1. The van der Waals surface area contributed by atoms with Gasteiger partial charge in [0.15, 0.2) is 0 Å². The molecular weight excluding hydrogens is 256 g/mol. The summed E-state index contributed by atoms with van der Waals surface area (Å²) in [5.41, 5.74) is 2.61. The van der Waals surface area contributed by atoms with Gasteiger partial charge in [0.25, 0.3) is 0 Å². The van der Waals surface area contributed by atoms with Gasteiger partial charge in [-0.25, -0.2) is 0 Å². The number of nitrogens with zero attached hydrogens (tertiary/aromatic N) is 2. The van der Waals surface area contributed by atoms with Crippen LogP contribution in [0, 0.1) is 6.92 Å². The summed E-state index contributed by atoms with van der Waals surface area (Å²) >= 11 is 0. The van der Waals surface area contributed by atoms with E-state index in [2.05, 4.69) is 20.8 Å². The predicted molar refractivity (Wildman–Crippen MR) is 76.3 cm³/mol. The van der Waals surface area contributed by atoms with Crippen molar-refractivity contribution in [3.63, 3.8) is 0 Å². The van der Waals surface area contributed by atoms with Gasteiger partial charge in [-0.15, -0.1) is 10.2 Å². The van der Waals surface area contributed by atoms with Crippen molar-refractivity contribution in [1.29, 1.82) is 0 Å². The van der Waals surface area contributed by atoms with E-state index in [1.165, 1.54) is 6.39 Å². The molecule has 0 radical (unpaired) electrons. The van der Waals surface area contributed by atoms with Crippen LogP contribution in [0.5, 0.6) is 0 Å². The van der Waals surface area contributed by atoms with Crippen molar-refractivity contribution in [3.8, 4) is 11.5 Å². The summed E-state index contributed by atoms with van der Waals surface area (Å²) in [6, 6.07) is 5.62. The Hall–Kier alpha value is -2.21. The zero-order valence-electron chi connectivity index (χ0n) is 11.6. The van der Waals surface area contributed by atoms with Gasteiger partial charge in [0.1, 0.15) is 0 Å². The molecule has 0 atom stereocenters. The number of aryl methyl sites for hydroxylation is 1. The van der Waals surface area contributed by atoms with E-state index in [9.17, 15) is 4.79 Å². The monoisotopic (exact) mass is 274 g/mol. The number of anilines is 1. The number of aromatic nitrogens is 2. The minimum Gasteiger partial charge on any atom is -0.423 e. The fraction of sp³-hybridized carbons (Fsp3) is 0.357. The van der Waals surface area contributed by atoms with Gasteiger partial charge >= 0.3 is 0 Å². The summed E-state index contributed by atoms with van der Waals surface area (Å²) in [4.78, 5) is 11.8. The standard InChI is InChI=1S/C14H18N4O2/c1-10-8-11(14-18-16-9-20-14)5-6-12(10)17-13(19)4-3-7-15-2/h5-6,8-9,15H,3-4,7H2,1-2H3,(H,17,19). The molecule has 20 heavy (non-hydrogen) atoms. The maximum Gasteiger partial charge on any atom is 0.247 e. The first-order valence-electron chi connectivity index (χ1n) is 6.52. The average molecular weight is 274 g/mol. The quantitative estimate of drug-likeness (QED) is 0.787. The maximum atomic E-state index is 11.8. The number of carbonyl (C=O) groups is 1. The van der Waals surface area contributed by atoms with Gasteiger partial charge in [-0.05, 0) is 50.7 Å². The van der Waals surface area contributed by atoms with Crippen molar-refractivity contribution >= 4 is 11.6 Å². The topological polar surface area (TPSA) is 80.0 Å². The molecule has 6 nitrogen and oxygen atoms in total. The molecule has 1 aromatic carbocycles. The molecule has 1 aromatic heterocycles. The Morgan fingerprint density at radius 3 is 2.90 bits per heavy atom. The molecular formula is C14H18N4O2. The van der Waals surface area contributed by atoms with Crippen molar-refractivity contribution in [3.05, 3.63) is 30.2 Å². The zero-order chi connectivity index (χ0) is 14.4. The second-order valence-electron chi connectivity index (χ2n) is 4.53. The van der Waals surface area contributed by atoms with E-state index in [0.29, 0.717) is 12.3 Å². The summed E-state index contributed by atoms with van der Waals surface area (Å²) in [5.74, 6) is 0.494. The lowest BCUT2D eigenvalue weighted by molar-refractivity contribution is -0.116. The summed E-state index contributed by atoms with van der Waals surface area (Å²) < 4.78 is 5.14. The Kier molecular flexibility index (Phi) is 4.84. The van der Waals surface area contributed by atoms with Gasteiger partial charge in [-0.1, -0.05) is 0 Å². The summed E-state index contributed by atoms with van der Waals surface area (Å²) in [5, 5.41) is 13.4. The molecule has 106 valence electrons. The second-order valence-corrected chi connectivity index (χ2v) is 4.53. The molecule has 2 aromatic rings. The number of hydrogen-bond donors (Lipinski definition) is 2. The maximum absolute atomic E-state index is 11.8. The summed E-state index contributed by atoms with van der Waals surface area (Å²) in [6.45, 7) is 2.77. The van der Waals surface area contributed by atoms with E-state index in [1.807, 2.05) is 32.2 Å². The average Bonchev–Trinajstić information content (AvgIpc) is 2.95. The largest absolute Gasteiger partial charge is 0.423 e. The van der Waals surface area contributed by atoms with Crippen LogP contribution >= 0.6 is 0 Å². The van der Waals surface area contributed by atoms with Crippen LogP contribution in [0.3, 0.4) is 0 Å². The van der Waals surface area contributed by atoms with Crippen LogP contribution in [-0.4, -0.2) is 29.7 Å². The Labute approximate surface area is 117 Å². The van der Waals surface area contributed by atoms with Crippen molar-refractivity contribution in [2.45, 2.75) is 19.8 Å². The predicted octanol–water partition coefficient (Wildman–Crippen LogP) is 1.98. The van der Waals surface area contributed by atoms with Crippen LogP contribution in [0.1, 0.15) is 18.4 Å². The SMILES string of the molecule is CNCCCC(=O)Nc1ccc(-c2nnco2)cc1C. The van der Waals surface area contributed by atoms with Crippen molar-refractivity contribution in [1.82, 2.24) is 15.5 Å². The zero-order valence-corrected chi connectivity index (χ0v) is 11.6. The first kappa shape index (κ1) is 14.2. The minimum absolute atomic E-state index is 0.0221. The summed E-state index contributed by atoms with van der Waals surface area (Å²) in [6.07, 6.45) is 2.62. The Morgan fingerprint density at radius 2 is 2.25 bits per heavy atom. The molecule has 2 N–H and O–H groups in total. The Bertz CT molecular complexity index is 567. The van der Waals surface area contributed by atoms with Gasteiger partial charge in [-0.3, -0.25) is 4.79 Å². The van der Waals surface area contributed by atoms with Crippen LogP contribution in [0.25, 0.3) is 11.5 Å². The number of amides is 1.